The Kier molecular flexibility index (Phi) is 7.27. The number of rotatable bonds is 8. The van der Waals surface area contributed by atoms with E-state index in [4.69, 9.17) is 9.84 Å². The maximum absolute atomic E-state index is 10.5. The molecule has 0 bridgehead atoms. The summed E-state index contributed by atoms with van der Waals surface area (Å²) in [6.45, 7) is 0.259. The molecule has 1 N–H and O–H groups in total. The number of nitrogens with zero attached hydrogens (tertiary/aromatic N) is 1. The monoisotopic (exact) mass is 239 g/mol. The number of ether oxygens (including phenoxy) is 1. The SMILES string of the molecule is CO[C@@H](CCCC(=O)O)CN(C)[SH](=O)=O. The third kappa shape index (κ3) is 7.29. The molecule has 7 heteroatoms. The van der Waals surface area contributed by atoms with Gasteiger partial charge in [0.05, 0.1) is 6.10 Å². The van der Waals surface area contributed by atoms with E-state index in [1.54, 1.807) is 0 Å². The summed E-state index contributed by atoms with van der Waals surface area (Å²) in [4.78, 5) is 10.3. The lowest BCUT2D eigenvalue weighted by Crippen LogP contribution is -2.29. The van der Waals surface area contributed by atoms with Crippen LogP contribution >= 0.6 is 0 Å². The van der Waals surface area contributed by atoms with E-state index < -0.39 is 16.9 Å². The van der Waals surface area contributed by atoms with Crippen molar-refractivity contribution >= 4 is 16.9 Å². The molecule has 0 fully saturated rings. The van der Waals surface area contributed by atoms with E-state index in [1.807, 2.05) is 0 Å². The quantitative estimate of drug-likeness (QED) is 0.569. The summed E-state index contributed by atoms with van der Waals surface area (Å²) in [5.41, 5.74) is 0. The molecule has 15 heavy (non-hydrogen) atoms. The van der Waals surface area contributed by atoms with Crippen molar-refractivity contribution in [1.82, 2.24) is 4.31 Å². The maximum Gasteiger partial charge on any atom is 0.303 e. The van der Waals surface area contributed by atoms with Crippen LogP contribution in [0.1, 0.15) is 19.3 Å². The summed E-state index contributed by atoms with van der Waals surface area (Å²) in [6, 6.07) is 0. The Labute approximate surface area is 90.9 Å². The van der Waals surface area contributed by atoms with Crippen molar-refractivity contribution < 1.29 is 23.1 Å². The molecule has 6 nitrogen and oxygen atoms in total. The van der Waals surface area contributed by atoms with E-state index >= 15 is 0 Å². The number of methoxy groups -OCH3 is 1. The van der Waals surface area contributed by atoms with Crippen LogP contribution in [0, 0.1) is 0 Å². The fourth-order valence-corrected chi connectivity index (χ4v) is 1.44. The van der Waals surface area contributed by atoms with Gasteiger partial charge < -0.3 is 9.84 Å². The van der Waals surface area contributed by atoms with E-state index in [1.165, 1.54) is 14.2 Å². The summed E-state index contributed by atoms with van der Waals surface area (Å²) in [7, 11) is 0.346. The Bertz CT molecular complexity index is 258. The van der Waals surface area contributed by atoms with E-state index in [2.05, 4.69) is 0 Å². The van der Waals surface area contributed by atoms with Crippen LogP contribution in [0.4, 0.5) is 0 Å². The zero-order chi connectivity index (χ0) is 11.8. The Hall–Kier alpha value is -0.660. The predicted octanol–water partition coefficient (Wildman–Crippen LogP) is -0.285. The number of hydrogen-bond acceptors (Lipinski definition) is 4. The van der Waals surface area contributed by atoms with Crippen LogP contribution in [-0.4, -0.2) is 50.6 Å². The van der Waals surface area contributed by atoms with Gasteiger partial charge in [-0.15, -0.1) is 0 Å². The number of hydrogen-bond donors (Lipinski definition) is 2. The normalized spacial score (nSPS) is 13.3. The molecule has 0 saturated carbocycles. The van der Waals surface area contributed by atoms with E-state index in [0.717, 1.165) is 4.31 Å². The van der Waals surface area contributed by atoms with E-state index in [9.17, 15) is 13.2 Å². The third-order valence-corrected chi connectivity index (χ3v) is 2.72. The topological polar surface area (TPSA) is 83.9 Å². The minimum Gasteiger partial charge on any atom is -0.481 e. The molecular weight excluding hydrogens is 222 g/mol. The minimum atomic E-state index is -2.59. The number of likely N-dealkylation sites (N-methyl/N-ethyl adjacent to an activating group) is 1. The first kappa shape index (κ1) is 14.3. The molecule has 0 spiro atoms. The van der Waals surface area contributed by atoms with Gasteiger partial charge in [-0.3, -0.25) is 4.79 Å². The summed E-state index contributed by atoms with van der Waals surface area (Å²) in [5.74, 6) is -0.854. The second-order valence-corrected chi connectivity index (χ2v) is 4.38. The number of carboxylic acid groups (broad SMARTS) is 1. The summed E-state index contributed by atoms with van der Waals surface area (Å²) in [5, 5.41) is 8.42. The largest absolute Gasteiger partial charge is 0.481 e. The number of thiol groups is 1. The van der Waals surface area contributed by atoms with Crippen molar-refractivity contribution in [1.29, 1.82) is 0 Å². The fourth-order valence-electron chi connectivity index (χ4n) is 1.13. The molecule has 0 aromatic carbocycles. The maximum atomic E-state index is 10.5. The van der Waals surface area contributed by atoms with Crippen LogP contribution in [-0.2, 0) is 20.4 Å². The zero-order valence-electron chi connectivity index (χ0n) is 8.88. The molecule has 0 heterocycles. The lowest BCUT2D eigenvalue weighted by atomic mass is 10.1. The Morgan fingerprint density at radius 2 is 2.13 bits per heavy atom. The highest BCUT2D eigenvalue weighted by Crippen LogP contribution is 2.05. The molecule has 0 aliphatic rings. The van der Waals surface area contributed by atoms with E-state index in [-0.39, 0.29) is 19.1 Å². The molecule has 0 saturated heterocycles. The number of aliphatic carboxylic acids is 1. The Balaban J connectivity index is 3.87. The van der Waals surface area contributed by atoms with Gasteiger partial charge in [0.25, 0.3) is 0 Å². The predicted molar refractivity (Wildman–Crippen MR) is 55.2 cm³/mol. The van der Waals surface area contributed by atoms with Gasteiger partial charge in [-0.1, -0.05) is 0 Å². The molecule has 0 aliphatic heterocycles. The smallest absolute Gasteiger partial charge is 0.303 e. The average molecular weight is 239 g/mol. The first-order valence-electron chi connectivity index (χ1n) is 4.57. The minimum absolute atomic E-state index is 0.0765. The first-order chi connectivity index (χ1) is 6.97. The average Bonchev–Trinajstić information content (AvgIpc) is 2.15. The van der Waals surface area contributed by atoms with Crippen LogP contribution in [0.3, 0.4) is 0 Å². The summed E-state index contributed by atoms with van der Waals surface area (Å²) >= 11 is 0. The molecule has 0 aromatic heterocycles. The van der Waals surface area contributed by atoms with Gasteiger partial charge in [-0.2, -0.15) is 0 Å². The number of carboxylic acids is 1. The molecule has 0 radical (unpaired) electrons. The summed E-state index contributed by atoms with van der Waals surface area (Å²) < 4.78 is 27.3. The van der Waals surface area contributed by atoms with Gasteiger partial charge >= 0.3 is 5.97 Å². The van der Waals surface area contributed by atoms with Crippen LogP contribution < -0.4 is 0 Å². The molecule has 0 rings (SSSR count). The van der Waals surface area contributed by atoms with Crippen molar-refractivity contribution in [3.05, 3.63) is 0 Å². The van der Waals surface area contributed by atoms with Gasteiger partial charge in [-0.25, -0.2) is 12.7 Å². The molecular formula is C8H17NO5S. The number of carbonyl (C=O) groups is 1. The van der Waals surface area contributed by atoms with Crippen LogP contribution in [0.5, 0.6) is 0 Å². The first-order valence-corrected chi connectivity index (χ1v) is 5.70. The standard InChI is InChI=1S/C8H17NO5S/c1-9(15(12)13)6-7(14-2)4-3-5-8(10)11/h7,15H,3-6H2,1-2H3,(H,10,11)/t7-/m0/s1. The second-order valence-electron chi connectivity index (χ2n) is 3.22. The molecule has 0 amide bonds. The second kappa shape index (κ2) is 7.61. The van der Waals surface area contributed by atoms with Gasteiger partial charge in [0.2, 0.25) is 10.9 Å². The van der Waals surface area contributed by atoms with Crippen LogP contribution in [0.15, 0.2) is 0 Å². The molecule has 0 aromatic rings. The molecule has 0 aliphatic carbocycles. The lowest BCUT2D eigenvalue weighted by molar-refractivity contribution is -0.137. The highest BCUT2D eigenvalue weighted by molar-refractivity contribution is 7.69. The molecule has 90 valence electrons. The zero-order valence-corrected chi connectivity index (χ0v) is 9.77. The van der Waals surface area contributed by atoms with Crippen LogP contribution in [0.25, 0.3) is 0 Å². The Morgan fingerprint density at radius 3 is 2.53 bits per heavy atom. The van der Waals surface area contributed by atoms with Crippen molar-refractivity contribution in [2.75, 3.05) is 20.7 Å². The van der Waals surface area contributed by atoms with Crippen molar-refractivity contribution in [2.24, 2.45) is 0 Å². The van der Waals surface area contributed by atoms with Crippen molar-refractivity contribution in [3.63, 3.8) is 0 Å². The van der Waals surface area contributed by atoms with Crippen molar-refractivity contribution in [2.45, 2.75) is 25.4 Å². The molecule has 1 atom stereocenters. The van der Waals surface area contributed by atoms with E-state index in [0.29, 0.717) is 12.8 Å². The van der Waals surface area contributed by atoms with Gasteiger partial charge in [0, 0.05) is 27.1 Å². The molecule has 0 unspecified atom stereocenters. The Morgan fingerprint density at radius 1 is 1.53 bits per heavy atom. The fraction of sp³-hybridized carbons (Fsp3) is 0.875. The highest BCUT2D eigenvalue weighted by atomic mass is 32.2. The van der Waals surface area contributed by atoms with Gasteiger partial charge in [0.1, 0.15) is 0 Å². The van der Waals surface area contributed by atoms with Gasteiger partial charge in [-0.05, 0) is 12.8 Å². The van der Waals surface area contributed by atoms with Crippen molar-refractivity contribution in [3.8, 4) is 0 Å². The van der Waals surface area contributed by atoms with Gasteiger partial charge in [0.15, 0.2) is 0 Å². The highest BCUT2D eigenvalue weighted by Gasteiger charge is 2.12. The van der Waals surface area contributed by atoms with Crippen LogP contribution in [0.2, 0.25) is 0 Å². The third-order valence-electron chi connectivity index (χ3n) is 2.00. The lowest BCUT2D eigenvalue weighted by Gasteiger charge is -2.18. The summed E-state index contributed by atoms with van der Waals surface area (Å²) in [6.07, 6.45) is 0.850.